The number of anilines is 3. The number of pyridine rings is 1. The molecular formula is C44H36N4OPt. The van der Waals surface area contributed by atoms with Gasteiger partial charge in [0.15, 0.2) is 0 Å². The molecule has 0 unspecified atom stereocenters. The summed E-state index contributed by atoms with van der Waals surface area (Å²) in [5.74, 6) is 3.13. The predicted octanol–water partition coefficient (Wildman–Crippen LogP) is 10.3. The fraction of sp³-hybridized carbons (Fsp3) is 0.182. The van der Waals surface area contributed by atoms with E-state index in [4.69, 9.17) is 14.7 Å². The van der Waals surface area contributed by atoms with E-state index in [1.807, 2.05) is 24.4 Å². The average molecular weight is 832 g/mol. The van der Waals surface area contributed by atoms with Gasteiger partial charge >= 0.3 is 21.1 Å². The molecule has 5 aromatic carbocycles. The molecule has 0 saturated heterocycles. The van der Waals surface area contributed by atoms with Crippen LogP contribution in [-0.4, -0.2) is 15.7 Å². The standard InChI is InChI=1S/C44H36N4O.Pt/c1-28-21-32(42-46-40(30-13-6-5-7-14-30)41-36-16-9-8-15-31(36)27-47(41)42)25-34(23-28)49-35-24-29(2)22-33(26-35)48-39-19-11-10-17-37(39)44(3,4)38-18-12-20-45-43(38)48;/h5-24,40-41H,27H2,1-4H3;/q-2;+2/t40-,41+;/m1./s1. The van der Waals surface area contributed by atoms with Crippen LogP contribution in [0.5, 0.6) is 11.5 Å². The Morgan fingerprint density at radius 1 is 0.760 bits per heavy atom. The largest absolute Gasteiger partial charge is 2.00 e. The number of nitrogens with zero attached hydrogens (tertiary/aromatic N) is 4. The second-order valence-corrected chi connectivity index (χ2v) is 13.9. The molecule has 50 heavy (non-hydrogen) atoms. The summed E-state index contributed by atoms with van der Waals surface area (Å²) in [6, 6.07) is 47.9. The van der Waals surface area contributed by atoms with Crippen molar-refractivity contribution in [2.75, 3.05) is 4.90 Å². The topological polar surface area (TPSA) is 41.0 Å². The van der Waals surface area contributed by atoms with Crippen molar-refractivity contribution in [1.82, 2.24) is 9.88 Å². The summed E-state index contributed by atoms with van der Waals surface area (Å²) < 4.78 is 6.64. The molecule has 2 atom stereocenters. The van der Waals surface area contributed by atoms with Gasteiger partial charge in [0.2, 0.25) is 0 Å². The molecule has 4 heterocycles. The molecule has 0 fully saturated rings. The van der Waals surface area contributed by atoms with Crippen molar-refractivity contribution in [3.63, 3.8) is 0 Å². The monoisotopic (exact) mass is 831 g/mol. The van der Waals surface area contributed by atoms with Crippen molar-refractivity contribution >= 4 is 23.0 Å². The molecule has 3 aliphatic rings. The van der Waals surface area contributed by atoms with Gasteiger partial charge in [-0.05, 0) is 34.4 Å². The summed E-state index contributed by atoms with van der Waals surface area (Å²) in [5.41, 5.74) is 11.2. The molecule has 0 bridgehead atoms. The SMILES string of the molecule is Cc1cc(Oc2[c-]c(N3c4ccccc4C(C)(C)c4cccnc43)cc(C)c2)[c-]c(C2=N[C@H](c3ccccc3)[C@@H]3c4ccccc4CN23)c1.[Pt+2]. The maximum atomic E-state index is 6.64. The van der Waals surface area contributed by atoms with Gasteiger partial charge in [-0.2, -0.15) is 5.56 Å². The van der Waals surface area contributed by atoms with Crippen molar-refractivity contribution in [3.8, 4) is 11.5 Å². The van der Waals surface area contributed by atoms with Crippen molar-refractivity contribution in [2.24, 2.45) is 4.99 Å². The third kappa shape index (κ3) is 5.27. The number of aliphatic imine (C=N–C) groups is 1. The number of para-hydroxylation sites is 1. The summed E-state index contributed by atoms with van der Waals surface area (Å²) in [5, 5.41) is 0. The summed E-state index contributed by atoms with van der Waals surface area (Å²) in [6.45, 7) is 9.55. The summed E-state index contributed by atoms with van der Waals surface area (Å²) in [4.78, 5) is 14.9. The van der Waals surface area contributed by atoms with E-state index in [2.05, 4.69) is 147 Å². The Balaban J connectivity index is 0.00000361. The van der Waals surface area contributed by atoms with E-state index in [0.29, 0.717) is 11.5 Å². The first-order valence-electron chi connectivity index (χ1n) is 16.9. The Hall–Kier alpha value is -4.99. The fourth-order valence-corrected chi connectivity index (χ4v) is 7.95. The molecule has 1 aromatic heterocycles. The Labute approximate surface area is 308 Å². The Morgan fingerprint density at radius 2 is 1.46 bits per heavy atom. The quantitative estimate of drug-likeness (QED) is 0.162. The van der Waals surface area contributed by atoms with Crippen LogP contribution >= 0.6 is 0 Å². The molecular weight excluding hydrogens is 796 g/mol. The van der Waals surface area contributed by atoms with Crippen LogP contribution in [0.15, 0.2) is 126 Å². The van der Waals surface area contributed by atoms with E-state index in [1.54, 1.807) is 0 Å². The van der Waals surface area contributed by atoms with E-state index in [0.717, 1.165) is 46.3 Å². The van der Waals surface area contributed by atoms with Gasteiger partial charge in [-0.15, -0.1) is 35.4 Å². The minimum atomic E-state index is -0.190. The molecule has 0 saturated carbocycles. The van der Waals surface area contributed by atoms with Gasteiger partial charge in [-0.3, -0.25) is 0 Å². The van der Waals surface area contributed by atoms with Crippen molar-refractivity contribution in [1.29, 1.82) is 0 Å². The summed E-state index contributed by atoms with van der Waals surface area (Å²) >= 11 is 0. The van der Waals surface area contributed by atoms with E-state index in [9.17, 15) is 0 Å². The van der Waals surface area contributed by atoms with Gasteiger partial charge < -0.3 is 19.5 Å². The number of hydrogen-bond donors (Lipinski definition) is 0. The third-order valence-corrected chi connectivity index (χ3v) is 10.2. The summed E-state index contributed by atoms with van der Waals surface area (Å²) in [6.07, 6.45) is 1.86. The number of aryl methyl sites for hydroxylation is 2. The number of rotatable bonds is 5. The Morgan fingerprint density at radius 3 is 2.30 bits per heavy atom. The van der Waals surface area contributed by atoms with Gasteiger partial charge in [0, 0.05) is 46.7 Å². The van der Waals surface area contributed by atoms with Crippen LogP contribution in [0.1, 0.15) is 70.4 Å². The van der Waals surface area contributed by atoms with Crippen LogP contribution < -0.4 is 9.64 Å². The van der Waals surface area contributed by atoms with Crippen LogP contribution in [-0.2, 0) is 33.0 Å². The molecule has 0 N–H and O–H groups in total. The van der Waals surface area contributed by atoms with Crippen LogP contribution in [0.4, 0.5) is 17.2 Å². The second kappa shape index (κ2) is 12.4. The van der Waals surface area contributed by atoms with E-state index in [-0.39, 0.29) is 38.6 Å². The first-order valence-corrected chi connectivity index (χ1v) is 16.9. The van der Waals surface area contributed by atoms with Crippen LogP contribution in [0, 0.1) is 26.0 Å². The average Bonchev–Trinajstić information content (AvgIpc) is 3.66. The number of benzene rings is 5. The Kier molecular flexibility index (Phi) is 8.00. The zero-order valence-electron chi connectivity index (χ0n) is 28.4. The molecule has 6 aromatic rings. The molecule has 0 aliphatic carbocycles. The molecule has 9 rings (SSSR count). The molecule has 0 radical (unpaired) electrons. The first kappa shape index (κ1) is 32.2. The normalized spacial score (nSPS) is 18.0. The molecule has 6 heteroatoms. The number of ether oxygens (including phenoxy) is 1. The van der Waals surface area contributed by atoms with Crippen molar-refractivity contribution in [2.45, 2.75) is 51.7 Å². The maximum absolute atomic E-state index is 6.64. The van der Waals surface area contributed by atoms with Crippen molar-refractivity contribution in [3.05, 3.63) is 178 Å². The number of aromatic nitrogens is 1. The maximum Gasteiger partial charge on any atom is 2.00 e. The number of hydrogen-bond acceptors (Lipinski definition) is 5. The fourth-order valence-electron chi connectivity index (χ4n) is 7.95. The smallest absolute Gasteiger partial charge is 0.503 e. The molecule has 3 aliphatic heterocycles. The minimum absolute atomic E-state index is 0. The van der Waals surface area contributed by atoms with Gasteiger partial charge in [-0.1, -0.05) is 124 Å². The number of amidine groups is 1. The van der Waals surface area contributed by atoms with Crippen LogP contribution in [0.2, 0.25) is 0 Å². The van der Waals surface area contributed by atoms with E-state index in [1.165, 1.54) is 27.8 Å². The Bertz CT molecular complexity index is 2230. The zero-order chi connectivity index (χ0) is 33.3. The first-order chi connectivity index (χ1) is 23.8. The minimum Gasteiger partial charge on any atom is -0.503 e. The molecule has 248 valence electrons. The summed E-state index contributed by atoms with van der Waals surface area (Å²) in [7, 11) is 0. The van der Waals surface area contributed by atoms with Gasteiger partial charge in [0.1, 0.15) is 5.82 Å². The molecule has 5 nitrogen and oxygen atoms in total. The van der Waals surface area contributed by atoms with E-state index >= 15 is 0 Å². The van der Waals surface area contributed by atoms with Gasteiger partial charge in [0.05, 0.1) is 12.1 Å². The van der Waals surface area contributed by atoms with Crippen molar-refractivity contribution < 1.29 is 25.8 Å². The molecule has 0 amide bonds. The van der Waals surface area contributed by atoms with Crippen LogP contribution in [0.3, 0.4) is 0 Å². The van der Waals surface area contributed by atoms with E-state index < -0.39 is 0 Å². The van der Waals surface area contributed by atoms with Gasteiger partial charge in [-0.25, -0.2) is 4.98 Å². The predicted molar refractivity (Wildman–Crippen MR) is 195 cm³/mol. The van der Waals surface area contributed by atoms with Gasteiger partial charge in [0.25, 0.3) is 0 Å². The molecule has 0 spiro atoms. The second-order valence-electron chi connectivity index (χ2n) is 13.9. The zero-order valence-corrected chi connectivity index (χ0v) is 30.7. The van der Waals surface area contributed by atoms with Crippen LogP contribution in [0.25, 0.3) is 0 Å². The third-order valence-electron chi connectivity index (χ3n) is 10.2. The number of fused-ring (bicyclic) bond motifs is 5.